The largest absolute Gasteiger partial charge is 0.381 e. The van der Waals surface area contributed by atoms with Crippen molar-refractivity contribution in [2.75, 3.05) is 36.9 Å². The Balaban J connectivity index is 2.13. The number of benzene rings is 1. The second-order valence-corrected chi connectivity index (χ2v) is 7.52. The van der Waals surface area contributed by atoms with Crippen LogP contribution in [-0.4, -0.2) is 53.2 Å². The predicted molar refractivity (Wildman–Crippen MR) is 98.4 cm³/mol. The molecule has 1 saturated heterocycles. The van der Waals surface area contributed by atoms with Crippen LogP contribution in [0.2, 0.25) is 5.02 Å². The number of nitrogens with one attached hydrogen (secondary N) is 1. The molecule has 1 aromatic heterocycles. The van der Waals surface area contributed by atoms with Crippen LogP contribution in [0.25, 0.3) is 10.9 Å². The standard InChI is InChI=1S/C17H21ClFN5O/c1-8-6-22(3)7-10-5-20-14-11-15(13(19)9(2)12(14)18)23(4)17(25)21-16(11)24(8)10/h8,10,20H,5-7H2,1-4H3. The van der Waals surface area contributed by atoms with Crippen LogP contribution in [0.3, 0.4) is 0 Å². The topological polar surface area (TPSA) is 53.4 Å². The number of hydrogen-bond acceptors (Lipinski definition) is 5. The molecule has 2 aromatic rings. The molecule has 0 aliphatic carbocycles. The number of hydrogen-bond donors (Lipinski definition) is 1. The monoisotopic (exact) mass is 365 g/mol. The maximum absolute atomic E-state index is 15.0. The molecule has 0 amide bonds. The number of piperazine rings is 1. The molecule has 0 bridgehead atoms. The van der Waals surface area contributed by atoms with E-state index in [-0.39, 0.29) is 17.6 Å². The normalized spacial score (nSPS) is 23.4. The number of halogens is 2. The van der Waals surface area contributed by atoms with Gasteiger partial charge in [0.1, 0.15) is 5.82 Å². The summed E-state index contributed by atoms with van der Waals surface area (Å²) < 4.78 is 16.3. The summed E-state index contributed by atoms with van der Waals surface area (Å²) in [4.78, 5) is 21.2. The van der Waals surface area contributed by atoms with Crippen LogP contribution >= 0.6 is 11.6 Å². The quantitative estimate of drug-likeness (QED) is 0.773. The number of aromatic nitrogens is 2. The Hall–Kier alpha value is -1.86. The van der Waals surface area contributed by atoms with E-state index >= 15 is 4.39 Å². The summed E-state index contributed by atoms with van der Waals surface area (Å²) in [5.74, 6) is 0.0681. The van der Waals surface area contributed by atoms with Gasteiger partial charge in [-0.15, -0.1) is 0 Å². The first-order chi connectivity index (χ1) is 11.8. The van der Waals surface area contributed by atoms with Crippen molar-refractivity contribution in [2.45, 2.75) is 25.9 Å². The van der Waals surface area contributed by atoms with E-state index in [1.807, 2.05) is 0 Å². The second-order valence-electron chi connectivity index (χ2n) is 7.14. The molecule has 134 valence electrons. The number of fused-ring (bicyclic) bond motifs is 2. The molecule has 0 saturated carbocycles. The summed E-state index contributed by atoms with van der Waals surface area (Å²) in [5.41, 5.74) is 0.804. The van der Waals surface area contributed by atoms with Crippen molar-refractivity contribution < 1.29 is 4.39 Å². The minimum absolute atomic E-state index is 0.128. The van der Waals surface area contributed by atoms with Crippen LogP contribution in [0.1, 0.15) is 12.5 Å². The van der Waals surface area contributed by atoms with Crippen molar-refractivity contribution in [2.24, 2.45) is 7.05 Å². The van der Waals surface area contributed by atoms with E-state index in [4.69, 9.17) is 11.6 Å². The number of nitrogens with zero attached hydrogens (tertiary/aromatic N) is 4. The molecule has 2 atom stereocenters. The third-order valence-corrected chi connectivity index (χ3v) is 5.82. The highest BCUT2D eigenvalue weighted by molar-refractivity contribution is 6.36. The number of likely N-dealkylation sites (N-methyl/N-ethyl adjacent to an activating group) is 1. The van der Waals surface area contributed by atoms with Gasteiger partial charge in [0, 0.05) is 38.3 Å². The maximum Gasteiger partial charge on any atom is 0.349 e. The highest BCUT2D eigenvalue weighted by Crippen LogP contribution is 2.43. The van der Waals surface area contributed by atoms with Crippen LogP contribution in [0.4, 0.5) is 15.9 Å². The first-order valence-electron chi connectivity index (χ1n) is 8.40. The maximum atomic E-state index is 15.0. The molecule has 2 unspecified atom stereocenters. The van der Waals surface area contributed by atoms with Crippen LogP contribution in [0.15, 0.2) is 4.79 Å². The van der Waals surface area contributed by atoms with Crippen LogP contribution in [0, 0.1) is 12.7 Å². The molecule has 6 nitrogen and oxygen atoms in total. The molecule has 0 spiro atoms. The average Bonchev–Trinajstić information content (AvgIpc) is 2.70. The molecular weight excluding hydrogens is 345 g/mol. The molecule has 2 aliphatic rings. The van der Waals surface area contributed by atoms with E-state index in [0.29, 0.717) is 34.0 Å². The van der Waals surface area contributed by atoms with Gasteiger partial charge in [-0.3, -0.25) is 4.57 Å². The Labute approximate surface area is 150 Å². The van der Waals surface area contributed by atoms with Gasteiger partial charge in [-0.05, 0) is 20.9 Å². The lowest BCUT2D eigenvalue weighted by Gasteiger charge is -2.44. The fourth-order valence-electron chi connectivity index (χ4n) is 4.19. The van der Waals surface area contributed by atoms with Crippen LogP contribution in [-0.2, 0) is 7.05 Å². The summed E-state index contributed by atoms with van der Waals surface area (Å²) in [6.45, 7) is 6.08. The van der Waals surface area contributed by atoms with Crippen molar-refractivity contribution >= 4 is 34.0 Å². The molecule has 3 heterocycles. The highest BCUT2D eigenvalue weighted by Gasteiger charge is 2.37. The van der Waals surface area contributed by atoms with Gasteiger partial charge in [0.2, 0.25) is 0 Å². The van der Waals surface area contributed by atoms with Gasteiger partial charge in [0.15, 0.2) is 5.82 Å². The summed E-state index contributed by atoms with van der Waals surface area (Å²) in [6, 6.07) is 0.283. The highest BCUT2D eigenvalue weighted by atomic mass is 35.5. The van der Waals surface area contributed by atoms with Gasteiger partial charge in [-0.1, -0.05) is 11.6 Å². The number of aryl methyl sites for hydroxylation is 1. The Morgan fingerprint density at radius 3 is 2.76 bits per heavy atom. The molecule has 0 radical (unpaired) electrons. The molecule has 4 rings (SSSR count). The van der Waals surface area contributed by atoms with Gasteiger partial charge in [0.25, 0.3) is 0 Å². The first kappa shape index (κ1) is 16.6. The van der Waals surface area contributed by atoms with Crippen molar-refractivity contribution in [1.82, 2.24) is 14.5 Å². The van der Waals surface area contributed by atoms with Gasteiger partial charge in [-0.2, -0.15) is 4.98 Å². The van der Waals surface area contributed by atoms with Crippen molar-refractivity contribution in [3.63, 3.8) is 0 Å². The van der Waals surface area contributed by atoms with Crippen molar-refractivity contribution in [1.29, 1.82) is 0 Å². The smallest absolute Gasteiger partial charge is 0.349 e. The summed E-state index contributed by atoms with van der Waals surface area (Å²) in [7, 11) is 3.63. The number of anilines is 2. The summed E-state index contributed by atoms with van der Waals surface area (Å²) in [5, 5.41) is 4.34. The van der Waals surface area contributed by atoms with E-state index in [2.05, 4.69) is 34.1 Å². The zero-order valence-corrected chi connectivity index (χ0v) is 15.5. The lowest BCUT2D eigenvalue weighted by molar-refractivity contribution is 0.236. The molecule has 1 N–H and O–H groups in total. The molecular formula is C17H21ClFN5O. The Morgan fingerprint density at radius 2 is 2.04 bits per heavy atom. The molecule has 2 aliphatic heterocycles. The van der Waals surface area contributed by atoms with Gasteiger partial charge in [0.05, 0.1) is 27.7 Å². The molecule has 1 aromatic carbocycles. The van der Waals surface area contributed by atoms with Crippen molar-refractivity contribution in [3.8, 4) is 0 Å². The van der Waals surface area contributed by atoms with Crippen molar-refractivity contribution in [3.05, 3.63) is 26.9 Å². The molecule has 25 heavy (non-hydrogen) atoms. The summed E-state index contributed by atoms with van der Waals surface area (Å²) >= 11 is 6.46. The Morgan fingerprint density at radius 1 is 1.32 bits per heavy atom. The molecule has 8 heteroatoms. The van der Waals surface area contributed by atoms with Gasteiger partial charge in [-0.25, -0.2) is 9.18 Å². The minimum atomic E-state index is -0.464. The SMILES string of the molecule is Cc1c(Cl)c2c3c(nc(=O)n(C)c3c1F)N1C(C)CN(C)CC1CN2. The second kappa shape index (κ2) is 5.57. The van der Waals surface area contributed by atoms with E-state index < -0.39 is 11.5 Å². The van der Waals surface area contributed by atoms with Gasteiger partial charge >= 0.3 is 5.69 Å². The van der Waals surface area contributed by atoms with E-state index in [0.717, 1.165) is 13.1 Å². The predicted octanol–water partition coefficient (Wildman–Crippen LogP) is 1.97. The average molecular weight is 366 g/mol. The number of rotatable bonds is 0. The van der Waals surface area contributed by atoms with Crippen LogP contribution in [0.5, 0.6) is 0 Å². The van der Waals surface area contributed by atoms with E-state index in [1.165, 1.54) is 4.57 Å². The Bertz CT molecular complexity index is 943. The fraction of sp³-hybridized carbons (Fsp3) is 0.529. The van der Waals surface area contributed by atoms with E-state index in [1.54, 1.807) is 14.0 Å². The van der Waals surface area contributed by atoms with Gasteiger partial charge < -0.3 is 15.1 Å². The van der Waals surface area contributed by atoms with E-state index in [9.17, 15) is 4.79 Å². The lowest BCUT2D eigenvalue weighted by atomic mass is 10.1. The molecule has 1 fully saturated rings. The fourth-order valence-corrected chi connectivity index (χ4v) is 4.43. The zero-order chi connectivity index (χ0) is 18.0. The third kappa shape index (κ3) is 2.25. The minimum Gasteiger partial charge on any atom is -0.381 e. The van der Waals surface area contributed by atoms with Crippen LogP contribution < -0.4 is 15.9 Å². The lowest BCUT2D eigenvalue weighted by Crippen LogP contribution is -2.59. The Kier molecular flexibility index (Phi) is 3.70. The summed E-state index contributed by atoms with van der Waals surface area (Å²) in [6.07, 6.45) is 0. The third-order valence-electron chi connectivity index (χ3n) is 5.35. The first-order valence-corrected chi connectivity index (χ1v) is 8.78. The zero-order valence-electron chi connectivity index (χ0n) is 14.7.